The second kappa shape index (κ2) is 6.33. The zero-order valence-corrected chi connectivity index (χ0v) is 12.1. The Morgan fingerprint density at radius 1 is 0.950 bits per heavy atom. The lowest BCUT2D eigenvalue weighted by atomic mass is 9.93. The summed E-state index contributed by atoms with van der Waals surface area (Å²) in [6, 6.07) is 13.4. The third kappa shape index (κ3) is 3.44. The van der Waals surface area contributed by atoms with Crippen molar-refractivity contribution in [1.82, 2.24) is 0 Å². The fourth-order valence-electron chi connectivity index (χ4n) is 2.28. The molecule has 106 valence electrons. The van der Waals surface area contributed by atoms with Gasteiger partial charge in [0.05, 0.1) is 14.2 Å². The molecule has 0 saturated carbocycles. The maximum absolute atomic E-state index is 9.68. The Morgan fingerprint density at radius 3 is 2.20 bits per heavy atom. The van der Waals surface area contributed by atoms with Crippen LogP contribution in [-0.4, -0.2) is 19.3 Å². The van der Waals surface area contributed by atoms with E-state index in [9.17, 15) is 5.11 Å². The Morgan fingerprint density at radius 2 is 1.60 bits per heavy atom. The van der Waals surface area contributed by atoms with Gasteiger partial charge in [-0.15, -0.1) is 0 Å². The zero-order valence-electron chi connectivity index (χ0n) is 12.1. The second-order valence-corrected chi connectivity index (χ2v) is 4.92. The average molecular weight is 272 g/mol. The maximum Gasteiger partial charge on any atom is 0.122 e. The largest absolute Gasteiger partial charge is 0.508 e. The van der Waals surface area contributed by atoms with Crippen molar-refractivity contribution in [2.45, 2.75) is 19.3 Å². The quantitative estimate of drug-likeness (QED) is 0.900. The van der Waals surface area contributed by atoms with Crippen LogP contribution in [0.1, 0.15) is 24.0 Å². The van der Waals surface area contributed by atoms with Gasteiger partial charge < -0.3 is 14.6 Å². The van der Waals surface area contributed by atoms with E-state index in [1.54, 1.807) is 26.4 Å². The molecule has 0 fully saturated rings. The van der Waals surface area contributed by atoms with Crippen molar-refractivity contribution in [3.63, 3.8) is 0 Å². The van der Waals surface area contributed by atoms with Gasteiger partial charge in [-0.1, -0.05) is 19.1 Å². The highest BCUT2D eigenvalue weighted by molar-refractivity contribution is 5.39. The Bertz CT molecular complexity index is 561. The highest BCUT2D eigenvalue weighted by Gasteiger charge is 2.09. The SMILES string of the molecule is COc1ccc(C(C)Cc2cc(O)cc(OC)c2)cc1. The molecule has 1 N–H and O–H groups in total. The Hall–Kier alpha value is -2.16. The lowest BCUT2D eigenvalue weighted by molar-refractivity contribution is 0.406. The summed E-state index contributed by atoms with van der Waals surface area (Å²) in [6.45, 7) is 2.17. The number of hydrogen-bond acceptors (Lipinski definition) is 3. The summed E-state index contributed by atoms with van der Waals surface area (Å²) in [5.41, 5.74) is 2.30. The molecular formula is C17H20O3. The van der Waals surface area contributed by atoms with Gasteiger partial charge in [-0.2, -0.15) is 0 Å². The van der Waals surface area contributed by atoms with Crippen LogP contribution in [0.5, 0.6) is 17.2 Å². The minimum Gasteiger partial charge on any atom is -0.508 e. The number of hydrogen-bond donors (Lipinski definition) is 1. The molecule has 0 spiro atoms. The van der Waals surface area contributed by atoms with Crippen molar-refractivity contribution in [3.8, 4) is 17.2 Å². The van der Waals surface area contributed by atoms with E-state index in [-0.39, 0.29) is 5.75 Å². The first-order valence-electron chi connectivity index (χ1n) is 6.63. The average Bonchev–Trinajstić information content (AvgIpc) is 2.46. The summed E-state index contributed by atoms with van der Waals surface area (Å²) in [6.07, 6.45) is 0.844. The number of aromatic hydroxyl groups is 1. The van der Waals surface area contributed by atoms with Crippen LogP contribution in [0.4, 0.5) is 0 Å². The van der Waals surface area contributed by atoms with Crippen LogP contribution in [0.2, 0.25) is 0 Å². The standard InChI is InChI=1S/C17H20O3/c1-12(14-4-6-16(19-2)7-5-14)8-13-9-15(18)11-17(10-13)20-3/h4-7,9-12,18H,8H2,1-3H3. The van der Waals surface area contributed by atoms with Crippen LogP contribution >= 0.6 is 0 Å². The van der Waals surface area contributed by atoms with Crippen LogP contribution in [-0.2, 0) is 6.42 Å². The zero-order chi connectivity index (χ0) is 14.5. The van der Waals surface area contributed by atoms with Crippen molar-refractivity contribution < 1.29 is 14.6 Å². The minimum atomic E-state index is 0.237. The second-order valence-electron chi connectivity index (χ2n) is 4.92. The molecule has 20 heavy (non-hydrogen) atoms. The van der Waals surface area contributed by atoms with E-state index in [1.807, 2.05) is 18.2 Å². The van der Waals surface area contributed by atoms with E-state index < -0.39 is 0 Å². The van der Waals surface area contributed by atoms with Crippen LogP contribution in [0.25, 0.3) is 0 Å². The molecule has 2 aromatic carbocycles. The predicted octanol–water partition coefficient (Wildman–Crippen LogP) is 3.76. The van der Waals surface area contributed by atoms with Gasteiger partial charge in [0.2, 0.25) is 0 Å². The molecule has 3 nitrogen and oxygen atoms in total. The molecule has 0 aliphatic rings. The van der Waals surface area contributed by atoms with Crippen LogP contribution in [0.15, 0.2) is 42.5 Å². The molecule has 2 aromatic rings. The van der Waals surface area contributed by atoms with E-state index in [2.05, 4.69) is 19.1 Å². The smallest absolute Gasteiger partial charge is 0.122 e. The van der Waals surface area contributed by atoms with E-state index in [4.69, 9.17) is 9.47 Å². The lowest BCUT2D eigenvalue weighted by Crippen LogP contribution is -1.99. The van der Waals surface area contributed by atoms with E-state index in [0.717, 1.165) is 17.7 Å². The Labute approximate surface area is 119 Å². The van der Waals surface area contributed by atoms with Crippen molar-refractivity contribution in [3.05, 3.63) is 53.6 Å². The van der Waals surface area contributed by atoms with E-state index >= 15 is 0 Å². The molecule has 0 bridgehead atoms. The number of benzene rings is 2. The molecule has 0 aliphatic carbocycles. The lowest BCUT2D eigenvalue weighted by Gasteiger charge is -2.13. The van der Waals surface area contributed by atoms with Crippen molar-refractivity contribution in [1.29, 1.82) is 0 Å². The van der Waals surface area contributed by atoms with Gasteiger partial charge in [0.1, 0.15) is 17.2 Å². The first-order chi connectivity index (χ1) is 9.62. The normalized spacial score (nSPS) is 11.9. The molecule has 0 heterocycles. The van der Waals surface area contributed by atoms with Crippen LogP contribution in [0, 0.1) is 0 Å². The van der Waals surface area contributed by atoms with E-state index in [1.165, 1.54) is 5.56 Å². The third-order valence-electron chi connectivity index (χ3n) is 3.41. The highest BCUT2D eigenvalue weighted by Crippen LogP contribution is 2.27. The summed E-state index contributed by atoms with van der Waals surface area (Å²) in [4.78, 5) is 0. The molecule has 1 atom stereocenters. The molecule has 1 unspecified atom stereocenters. The van der Waals surface area contributed by atoms with E-state index in [0.29, 0.717) is 11.7 Å². The van der Waals surface area contributed by atoms with Crippen LogP contribution < -0.4 is 9.47 Å². The predicted molar refractivity (Wildman–Crippen MR) is 79.8 cm³/mol. The molecule has 0 aliphatic heterocycles. The fourth-order valence-corrected chi connectivity index (χ4v) is 2.28. The first-order valence-corrected chi connectivity index (χ1v) is 6.63. The number of methoxy groups -OCH3 is 2. The third-order valence-corrected chi connectivity index (χ3v) is 3.41. The first kappa shape index (κ1) is 14.3. The highest BCUT2D eigenvalue weighted by atomic mass is 16.5. The van der Waals surface area contributed by atoms with Crippen molar-refractivity contribution in [2.75, 3.05) is 14.2 Å². The molecule has 0 saturated heterocycles. The van der Waals surface area contributed by atoms with Gasteiger partial charge in [-0.25, -0.2) is 0 Å². The van der Waals surface area contributed by atoms with Crippen molar-refractivity contribution >= 4 is 0 Å². The Balaban J connectivity index is 2.13. The molecular weight excluding hydrogens is 252 g/mol. The summed E-state index contributed by atoms with van der Waals surface area (Å²) in [5, 5.41) is 9.68. The molecule has 0 aromatic heterocycles. The van der Waals surface area contributed by atoms with Crippen molar-refractivity contribution in [2.24, 2.45) is 0 Å². The summed E-state index contributed by atoms with van der Waals surface area (Å²) in [5.74, 6) is 2.13. The van der Waals surface area contributed by atoms with Gasteiger partial charge in [0.15, 0.2) is 0 Å². The molecule has 2 rings (SSSR count). The maximum atomic E-state index is 9.68. The summed E-state index contributed by atoms with van der Waals surface area (Å²) >= 11 is 0. The summed E-state index contributed by atoms with van der Waals surface area (Å²) in [7, 11) is 3.27. The fraction of sp³-hybridized carbons (Fsp3) is 0.294. The summed E-state index contributed by atoms with van der Waals surface area (Å²) < 4.78 is 10.3. The van der Waals surface area contributed by atoms with Gasteiger partial charge in [-0.05, 0) is 47.7 Å². The number of ether oxygens (including phenoxy) is 2. The number of phenolic OH excluding ortho intramolecular Hbond substituents is 1. The minimum absolute atomic E-state index is 0.237. The van der Waals surface area contributed by atoms with Gasteiger partial charge in [0.25, 0.3) is 0 Å². The number of phenols is 1. The topological polar surface area (TPSA) is 38.7 Å². The van der Waals surface area contributed by atoms with Crippen LogP contribution in [0.3, 0.4) is 0 Å². The molecule has 0 amide bonds. The Kier molecular flexibility index (Phi) is 4.51. The van der Waals surface area contributed by atoms with Gasteiger partial charge in [-0.3, -0.25) is 0 Å². The van der Waals surface area contributed by atoms with Gasteiger partial charge in [0, 0.05) is 6.07 Å². The molecule has 0 radical (unpaired) electrons. The number of rotatable bonds is 5. The molecule has 3 heteroatoms. The monoisotopic (exact) mass is 272 g/mol. The van der Waals surface area contributed by atoms with Gasteiger partial charge >= 0.3 is 0 Å².